The molecular weight excluding hydrogens is 300 g/mol. The van der Waals surface area contributed by atoms with Crippen molar-refractivity contribution in [3.8, 4) is 5.75 Å². The molecule has 24 heavy (non-hydrogen) atoms. The Kier molecular flexibility index (Phi) is 4.02. The SMILES string of the molecule is C/C=C1\CN2CC[C@H]1C[C@@H]2[C@H](O)c1ccnc2ccc(OC)cc12. The van der Waals surface area contributed by atoms with Gasteiger partial charge in [0.15, 0.2) is 0 Å². The minimum Gasteiger partial charge on any atom is -0.497 e. The highest BCUT2D eigenvalue weighted by atomic mass is 16.5. The van der Waals surface area contributed by atoms with Gasteiger partial charge in [0.2, 0.25) is 0 Å². The van der Waals surface area contributed by atoms with Crippen molar-refractivity contribution in [2.75, 3.05) is 20.2 Å². The number of nitrogens with zero attached hydrogens (tertiary/aromatic N) is 2. The highest BCUT2D eigenvalue weighted by molar-refractivity contribution is 5.83. The molecule has 0 radical (unpaired) electrons. The first-order valence-electron chi connectivity index (χ1n) is 8.71. The molecule has 4 heterocycles. The standard InChI is InChI=1S/C20H24N2O2/c1-3-13-12-22-9-7-14(13)10-19(22)20(23)16-6-8-21-18-5-4-15(24-2)11-17(16)18/h3-6,8,11,14,19-20,23H,7,9-10,12H2,1-2H3/b13-3+/t14-,19+,20+/m0/s1. The third kappa shape index (κ3) is 2.50. The Morgan fingerprint density at radius 1 is 1.38 bits per heavy atom. The number of aromatic nitrogens is 1. The molecule has 0 spiro atoms. The summed E-state index contributed by atoms with van der Waals surface area (Å²) in [5, 5.41) is 12.1. The predicted octanol–water partition coefficient (Wildman–Crippen LogP) is 3.32. The zero-order valence-electron chi connectivity index (χ0n) is 14.3. The van der Waals surface area contributed by atoms with E-state index in [1.54, 1.807) is 13.3 Å². The zero-order valence-corrected chi connectivity index (χ0v) is 14.3. The second kappa shape index (κ2) is 6.19. The van der Waals surface area contributed by atoms with Crippen molar-refractivity contribution in [1.82, 2.24) is 9.88 Å². The maximum Gasteiger partial charge on any atom is 0.119 e. The smallest absolute Gasteiger partial charge is 0.119 e. The number of rotatable bonds is 3. The third-order valence-electron chi connectivity index (χ3n) is 5.71. The summed E-state index contributed by atoms with van der Waals surface area (Å²) in [6, 6.07) is 7.98. The fraction of sp³-hybridized carbons (Fsp3) is 0.450. The fourth-order valence-corrected chi connectivity index (χ4v) is 4.34. The van der Waals surface area contributed by atoms with E-state index in [-0.39, 0.29) is 6.04 Å². The molecule has 2 bridgehead atoms. The van der Waals surface area contributed by atoms with Crippen LogP contribution in [0.4, 0.5) is 0 Å². The van der Waals surface area contributed by atoms with Gasteiger partial charge in [-0.25, -0.2) is 0 Å². The molecule has 1 unspecified atom stereocenters. The van der Waals surface area contributed by atoms with Crippen LogP contribution < -0.4 is 4.74 Å². The van der Waals surface area contributed by atoms with E-state index in [0.29, 0.717) is 5.92 Å². The average molecular weight is 324 g/mol. The molecule has 4 nitrogen and oxygen atoms in total. The summed E-state index contributed by atoms with van der Waals surface area (Å²) < 4.78 is 5.35. The van der Waals surface area contributed by atoms with Crippen LogP contribution in [-0.4, -0.2) is 41.2 Å². The number of aliphatic hydroxyl groups excluding tert-OH is 1. The second-order valence-corrected chi connectivity index (χ2v) is 6.85. The Balaban J connectivity index is 1.70. The number of methoxy groups -OCH3 is 1. The number of allylic oxidation sites excluding steroid dienone is 1. The number of benzene rings is 1. The van der Waals surface area contributed by atoms with E-state index < -0.39 is 6.10 Å². The van der Waals surface area contributed by atoms with Crippen molar-refractivity contribution in [3.63, 3.8) is 0 Å². The summed E-state index contributed by atoms with van der Waals surface area (Å²) in [6.07, 6.45) is 5.80. The van der Waals surface area contributed by atoms with Crippen LogP contribution in [-0.2, 0) is 0 Å². The van der Waals surface area contributed by atoms with E-state index in [4.69, 9.17) is 4.74 Å². The molecule has 5 rings (SSSR count). The molecule has 3 saturated heterocycles. The largest absolute Gasteiger partial charge is 0.497 e. The van der Waals surface area contributed by atoms with Crippen molar-refractivity contribution in [3.05, 3.63) is 47.7 Å². The molecule has 1 aromatic carbocycles. The molecule has 1 N–H and O–H groups in total. The van der Waals surface area contributed by atoms with Gasteiger partial charge >= 0.3 is 0 Å². The summed E-state index contributed by atoms with van der Waals surface area (Å²) in [7, 11) is 1.66. The van der Waals surface area contributed by atoms with E-state index in [2.05, 4.69) is 22.9 Å². The molecule has 126 valence electrons. The Morgan fingerprint density at radius 2 is 2.25 bits per heavy atom. The molecule has 0 aliphatic carbocycles. The van der Waals surface area contributed by atoms with Crippen LogP contribution in [0.1, 0.15) is 31.4 Å². The summed E-state index contributed by atoms with van der Waals surface area (Å²) in [6.45, 7) is 4.20. The molecule has 4 atom stereocenters. The lowest BCUT2D eigenvalue weighted by molar-refractivity contribution is -0.00340. The molecule has 3 aliphatic rings. The second-order valence-electron chi connectivity index (χ2n) is 6.85. The molecule has 1 aromatic heterocycles. The van der Waals surface area contributed by atoms with Gasteiger partial charge in [0.05, 0.1) is 18.7 Å². The minimum atomic E-state index is -0.496. The van der Waals surface area contributed by atoms with Gasteiger partial charge in [-0.1, -0.05) is 11.6 Å². The van der Waals surface area contributed by atoms with Gasteiger partial charge in [0.1, 0.15) is 5.75 Å². The molecule has 0 saturated carbocycles. The Bertz CT molecular complexity index is 786. The van der Waals surface area contributed by atoms with Crippen molar-refractivity contribution >= 4 is 10.9 Å². The van der Waals surface area contributed by atoms with Crippen LogP contribution in [0.15, 0.2) is 42.1 Å². The minimum absolute atomic E-state index is 0.184. The lowest BCUT2D eigenvalue weighted by Crippen LogP contribution is -2.52. The Morgan fingerprint density at radius 3 is 2.96 bits per heavy atom. The van der Waals surface area contributed by atoms with E-state index in [1.807, 2.05) is 24.3 Å². The van der Waals surface area contributed by atoms with E-state index in [1.165, 1.54) is 12.0 Å². The molecule has 3 aliphatic heterocycles. The van der Waals surface area contributed by atoms with Crippen molar-refractivity contribution in [1.29, 1.82) is 0 Å². The van der Waals surface area contributed by atoms with Gasteiger partial charge in [-0.05, 0) is 62.1 Å². The summed E-state index contributed by atoms with van der Waals surface area (Å²) >= 11 is 0. The van der Waals surface area contributed by atoms with Crippen molar-refractivity contribution in [2.45, 2.75) is 31.9 Å². The van der Waals surface area contributed by atoms with E-state index in [0.717, 1.165) is 41.7 Å². The third-order valence-corrected chi connectivity index (χ3v) is 5.71. The monoisotopic (exact) mass is 324 g/mol. The van der Waals surface area contributed by atoms with Crippen LogP contribution in [0, 0.1) is 5.92 Å². The summed E-state index contributed by atoms with van der Waals surface area (Å²) in [5.41, 5.74) is 3.39. The van der Waals surface area contributed by atoms with Crippen LogP contribution in [0.25, 0.3) is 10.9 Å². The van der Waals surface area contributed by atoms with E-state index >= 15 is 0 Å². The molecule has 2 aromatic rings. The topological polar surface area (TPSA) is 45.6 Å². The summed E-state index contributed by atoms with van der Waals surface area (Å²) in [5.74, 6) is 1.42. The highest BCUT2D eigenvalue weighted by Crippen LogP contribution is 2.41. The average Bonchev–Trinajstić information content (AvgIpc) is 2.66. The van der Waals surface area contributed by atoms with Gasteiger partial charge in [0.25, 0.3) is 0 Å². The van der Waals surface area contributed by atoms with Gasteiger partial charge in [-0.2, -0.15) is 0 Å². The maximum atomic E-state index is 11.2. The van der Waals surface area contributed by atoms with Crippen LogP contribution in [0.3, 0.4) is 0 Å². The first-order chi connectivity index (χ1) is 11.7. The molecule has 0 amide bonds. The first kappa shape index (κ1) is 15.6. The van der Waals surface area contributed by atoms with Gasteiger partial charge < -0.3 is 9.84 Å². The van der Waals surface area contributed by atoms with Crippen LogP contribution in [0.5, 0.6) is 5.75 Å². The first-order valence-corrected chi connectivity index (χ1v) is 8.71. The van der Waals surface area contributed by atoms with Crippen molar-refractivity contribution < 1.29 is 9.84 Å². The fourth-order valence-electron chi connectivity index (χ4n) is 4.34. The maximum absolute atomic E-state index is 11.2. The predicted molar refractivity (Wildman–Crippen MR) is 95.1 cm³/mol. The van der Waals surface area contributed by atoms with Gasteiger partial charge in [-0.15, -0.1) is 0 Å². The number of hydrogen-bond acceptors (Lipinski definition) is 4. The normalized spacial score (nSPS) is 29.1. The van der Waals surface area contributed by atoms with Crippen LogP contribution >= 0.6 is 0 Å². The number of piperidine rings is 3. The Hall–Kier alpha value is -1.91. The molecular formula is C20H24N2O2. The Labute approximate surface area is 142 Å². The van der Waals surface area contributed by atoms with Crippen LogP contribution in [0.2, 0.25) is 0 Å². The number of aliphatic hydroxyl groups is 1. The molecule has 3 fully saturated rings. The molecule has 4 heteroatoms. The number of hydrogen-bond donors (Lipinski definition) is 1. The van der Waals surface area contributed by atoms with Gasteiger partial charge in [-0.3, -0.25) is 9.88 Å². The lowest BCUT2D eigenvalue weighted by Gasteiger charge is -2.48. The van der Waals surface area contributed by atoms with Crippen molar-refractivity contribution in [2.24, 2.45) is 5.92 Å². The highest BCUT2D eigenvalue weighted by Gasteiger charge is 2.40. The zero-order chi connectivity index (χ0) is 16.7. The lowest BCUT2D eigenvalue weighted by atomic mass is 9.76. The number of pyridine rings is 1. The van der Waals surface area contributed by atoms with Gasteiger partial charge in [0, 0.05) is 24.2 Å². The summed E-state index contributed by atoms with van der Waals surface area (Å²) in [4.78, 5) is 6.87. The quantitative estimate of drug-likeness (QED) is 0.880. The van der Waals surface area contributed by atoms with E-state index in [9.17, 15) is 5.11 Å². The number of ether oxygens (including phenoxy) is 1. The number of fused-ring (bicyclic) bond motifs is 4.